The predicted octanol–water partition coefficient (Wildman–Crippen LogP) is 2.09. The van der Waals surface area contributed by atoms with E-state index in [1.54, 1.807) is 0 Å². The Bertz CT molecular complexity index is 299. The number of carboxylic acids is 1. The molecule has 0 amide bonds. The second-order valence-corrected chi connectivity index (χ2v) is 6.57. The molecule has 2 fully saturated rings. The van der Waals surface area contributed by atoms with Crippen LogP contribution < -0.4 is 5.32 Å². The molecule has 0 aromatic carbocycles. The van der Waals surface area contributed by atoms with Gasteiger partial charge in [-0.25, -0.2) is 0 Å². The van der Waals surface area contributed by atoms with E-state index in [1.165, 1.54) is 19.3 Å². The summed E-state index contributed by atoms with van der Waals surface area (Å²) >= 11 is 0. The van der Waals surface area contributed by atoms with Crippen molar-refractivity contribution in [1.82, 2.24) is 10.2 Å². The highest BCUT2D eigenvalue weighted by Crippen LogP contribution is 2.28. The average Bonchev–Trinajstić information content (AvgIpc) is 3.20. The Labute approximate surface area is 116 Å². The van der Waals surface area contributed by atoms with Gasteiger partial charge in [0.05, 0.1) is 0 Å². The summed E-state index contributed by atoms with van der Waals surface area (Å²) in [6, 6.07) is 0.841. The summed E-state index contributed by atoms with van der Waals surface area (Å²) in [6.07, 6.45) is 6.83. The van der Waals surface area contributed by atoms with E-state index in [9.17, 15) is 9.90 Å². The van der Waals surface area contributed by atoms with Gasteiger partial charge in [-0.3, -0.25) is 4.79 Å². The molecule has 2 aliphatic rings. The number of hydrogen-bond acceptors (Lipinski definition) is 3. The van der Waals surface area contributed by atoms with Crippen LogP contribution in [0.5, 0.6) is 0 Å². The highest BCUT2D eigenvalue weighted by molar-refractivity contribution is 5.73. The van der Waals surface area contributed by atoms with E-state index in [0.29, 0.717) is 6.04 Å². The summed E-state index contributed by atoms with van der Waals surface area (Å²) < 4.78 is 0. The largest absolute Gasteiger partial charge is 0.480 e. The molecule has 0 aliphatic heterocycles. The van der Waals surface area contributed by atoms with E-state index in [2.05, 4.69) is 24.1 Å². The van der Waals surface area contributed by atoms with E-state index < -0.39 is 5.97 Å². The van der Waals surface area contributed by atoms with Gasteiger partial charge in [0.25, 0.3) is 0 Å². The molecule has 2 aliphatic carbocycles. The standard InChI is InChI=1S/C15H28N2O2/c1-11(2)7-9-17(13-5-6-13)10-8-14(15(18)19)16-12-3-4-12/h11-14,16H,3-10H2,1-2H3,(H,18,19). The SMILES string of the molecule is CC(C)CCN(CCC(NC1CC1)C(=O)O)C1CC1. The van der Waals surface area contributed by atoms with Crippen LogP contribution in [0, 0.1) is 5.92 Å². The molecule has 0 aromatic heterocycles. The predicted molar refractivity (Wildman–Crippen MR) is 76.2 cm³/mol. The Morgan fingerprint density at radius 2 is 1.84 bits per heavy atom. The van der Waals surface area contributed by atoms with Crippen molar-refractivity contribution >= 4 is 5.97 Å². The van der Waals surface area contributed by atoms with Gasteiger partial charge >= 0.3 is 5.97 Å². The summed E-state index contributed by atoms with van der Waals surface area (Å²) in [7, 11) is 0. The number of rotatable bonds is 10. The van der Waals surface area contributed by atoms with Crippen molar-refractivity contribution in [2.24, 2.45) is 5.92 Å². The van der Waals surface area contributed by atoms with E-state index >= 15 is 0 Å². The molecule has 1 atom stereocenters. The smallest absolute Gasteiger partial charge is 0.320 e. The lowest BCUT2D eigenvalue weighted by Gasteiger charge is -2.25. The Morgan fingerprint density at radius 3 is 2.32 bits per heavy atom. The van der Waals surface area contributed by atoms with Gasteiger partial charge in [-0.2, -0.15) is 0 Å². The Kier molecular flexibility index (Phi) is 5.22. The molecule has 1 unspecified atom stereocenters. The molecular formula is C15H28N2O2. The van der Waals surface area contributed by atoms with Crippen LogP contribution >= 0.6 is 0 Å². The first-order chi connectivity index (χ1) is 9.06. The third kappa shape index (κ3) is 5.49. The molecule has 0 bridgehead atoms. The highest BCUT2D eigenvalue weighted by atomic mass is 16.4. The molecule has 4 nitrogen and oxygen atoms in total. The van der Waals surface area contributed by atoms with Gasteiger partial charge in [0.15, 0.2) is 0 Å². The zero-order valence-electron chi connectivity index (χ0n) is 12.3. The number of aliphatic carboxylic acids is 1. The van der Waals surface area contributed by atoms with E-state index in [4.69, 9.17) is 0 Å². The lowest BCUT2D eigenvalue weighted by molar-refractivity contribution is -0.139. The summed E-state index contributed by atoms with van der Waals surface area (Å²) in [6.45, 7) is 6.55. The topological polar surface area (TPSA) is 52.6 Å². The number of carboxylic acid groups (broad SMARTS) is 1. The second-order valence-electron chi connectivity index (χ2n) is 6.57. The van der Waals surface area contributed by atoms with Gasteiger partial charge in [-0.15, -0.1) is 0 Å². The quantitative estimate of drug-likeness (QED) is 0.637. The zero-order chi connectivity index (χ0) is 13.8. The minimum Gasteiger partial charge on any atom is -0.480 e. The molecule has 2 rings (SSSR count). The van der Waals surface area contributed by atoms with Crippen molar-refractivity contribution in [3.05, 3.63) is 0 Å². The fourth-order valence-corrected chi connectivity index (χ4v) is 2.45. The maximum Gasteiger partial charge on any atom is 0.320 e. The third-order valence-corrected chi connectivity index (χ3v) is 4.07. The van der Waals surface area contributed by atoms with Crippen LogP contribution in [0.15, 0.2) is 0 Å². The molecule has 0 aromatic rings. The van der Waals surface area contributed by atoms with Gasteiger partial charge in [0, 0.05) is 18.6 Å². The molecule has 110 valence electrons. The zero-order valence-corrected chi connectivity index (χ0v) is 12.3. The molecule has 2 N–H and O–H groups in total. The summed E-state index contributed by atoms with van der Waals surface area (Å²) in [5, 5.41) is 12.5. The van der Waals surface area contributed by atoms with Gasteiger partial charge in [-0.05, 0) is 51.0 Å². The number of nitrogens with one attached hydrogen (secondary N) is 1. The van der Waals surface area contributed by atoms with Crippen molar-refractivity contribution in [1.29, 1.82) is 0 Å². The van der Waals surface area contributed by atoms with Gasteiger partial charge in [-0.1, -0.05) is 13.8 Å². The summed E-state index contributed by atoms with van der Waals surface area (Å²) in [5.74, 6) is 0.0348. The third-order valence-electron chi connectivity index (χ3n) is 4.07. The average molecular weight is 268 g/mol. The molecule has 19 heavy (non-hydrogen) atoms. The Hall–Kier alpha value is -0.610. The van der Waals surface area contributed by atoms with E-state index in [0.717, 1.165) is 44.3 Å². The summed E-state index contributed by atoms with van der Waals surface area (Å²) in [4.78, 5) is 13.8. The van der Waals surface area contributed by atoms with Crippen molar-refractivity contribution in [3.8, 4) is 0 Å². The molecule has 4 heteroatoms. The van der Waals surface area contributed by atoms with E-state index in [-0.39, 0.29) is 6.04 Å². The first-order valence-corrected chi connectivity index (χ1v) is 7.79. The lowest BCUT2D eigenvalue weighted by atomic mass is 10.1. The van der Waals surface area contributed by atoms with Crippen LogP contribution in [0.1, 0.15) is 52.4 Å². The van der Waals surface area contributed by atoms with Crippen LogP contribution in [-0.4, -0.2) is 47.2 Å². The monoisotopic (exact) mass is 268 g/mol. The molecular weight excluding hydrogens is 240 g/mol. The first kappa shape index (κ1) is 14.8. The molecule has 0 spiro atoms. The van der Waals surface area contributed by atoms with Gasteiger partial charge in [0.2, 0.25) is 0 Å². The van der Waals surface area contributed by atoms with Crippen molar-refractivity contribution in [2.75, 3.05) is 13.1 Å². The van der Waals surface area contributed by atoms with Crippen molar-refractivity contribution < 1.29 is 9.90 Å². The Morgan fingerprint density at radius 1 is 1.21 bits per heavy atom. The second kappa shape index (κ2) is 6.71. The summed E-state index contributed by atoms with van der Waals surface area (Å²) in [5.41, 5.74) is 0. The van der Waals surface area contributed by atoms with Crippen molar-refractivity contribution in [3.63, 3.8) is 0 Å². The van der Waals surface area contributed by atoms with Crippen LogP contribution in [0.25, 0.3) is 0 Å². The van der Waals surface area contributed by atoms with E-state index in [1.807, 2.05) is 0 Å². The van der Waals surface area contributed by atoms with Gasteiger partial charge in [0.1, 0.15) is 6.04 Å². The maximum atomic E-state index is 11.2. The maximum absolute atomic E-state index is 11.2. The number of nitrogens with zero attached hydrogens (tertiary/aromatic N) is 1. The van der Waals surface area contributed by atoms with Crippen LogP contribution in [0.2, 0.25) is 0 Å². The minimum atomic E-state index is -0.688. The molecule has 2 saturated carbocycles. The van der Waals surface area contributed by atoms with Crippen LogP contribution in [-0.2, 0) is 4.79 Å². The fourth-order valence-electron chi connectivity index (χ4n) is 2.45. The molecule has 0 saturated heterocycles. The van der Waals surface area contributed by atoms with Gasteiger partial charge < -0.3 is 15.3 Å². The Balaban J connectivity index is 1.73. The molecule has 0 heterocycles. The minimum absolute atomic E-state index is 0.354. The lowest BCUT2D eigenvalue weighted by Crippen LogP contribution is -2.41. The number of carbonyl (C=O) groups is 1. The number of hydrogen-bond donors (Lipinski definition) is 2. The normalized spacial score (nSPS) is 21.1. The first-order valence-electron chi connectivity index (χ1n) is 7.79. The highest BCUT2D eigenvalue weighted by Gasteiger charge is 2.31. The molecule has 0 radical (unpaired) electrons. The van der Waals surface area contributed by atoms with Crippen molar-refractivity contribution in [2.45, 2.75) is 70.5 Å². The van der Waals surface area contributed by atoms with Crippen LogP contribution in [0.3, 0.4) is 0 Å². The van der Waals surface area contributed by atoms with Crippen LogP contribution in [0.4, 0.5) is 0 Å². The fraction of sp³-hybridized carbons (Fsp3) is 0.933.